The maximum Gasteiger partial charge on any atom is 0.266 e. The van der Waals surface area contributed by atoms with Gasteiger partial charge in [-0.1, -0.05) is 0 Å². The summed E-state index contributed by atoms with van der Waals surface area (Å²) in [6.45, 7) is 2.85. The molecule has 1 aromatic rings. The van der Waals surface area contributed by atoms with Crippen LogP contribution in [0.4, 0.5) is 0 Å². The highest BCUT2D eigenvalue weighted by molar-refractivity contribution is 4.85. The van der Waals surface area contributed by atoms with Crippen LogP contribution in [0.2, 0.25) is 0 Å². The van der Waals surface area contributed by atoms with Gasteiger partial charge in [-0.2, -0.15) is 5.10 Å². The number of hydrogen-bond acceptors (Lipinski definition) is 3. The molecule has 1 unspecified atom stereocenters. The Morgan fingerprint density at radius 3 is 3.29 bits per heavy atom. The summed E-state index contributed by atoms with van der Waals surface area (Å²) >= 11 is 0. The van der Waals surface area contributed by atoms with Crippen molar-refractivity contribution in [1.29, 1.82) is 0 Å². The van der Waals surface area contributed by atoms with Crippen molar-refractivity contribution in [3.63, 3.8) is 0 Å². The summed E-state index contributed by atoms with van der Waals surface area (Å²) in [7, 11) is 0. The van der Waals surface area contributed by atoms with Gasteiger partial charge in [-0.25, -0.2) is 4.68 Å². The molecule has 1 aliphatic rings. The van der Waals surface area contributed by atoms with Gasteiger partial charge in [0.15, 0.2) is 0 Å². The number of nitrogens with one attached hydrogen (secondary N) is 1. The maximum atomic E-state index is 11.4. The molecular formula is C10H15N3O. The average Bonchev–Trinajstić information content (AvgIpc) is 2.23. The second-order valence-corrected chi connectivity index (χ2v) is 3.76. The molecule has 1 N–H and O–H groups in total. The minimum absolute atomic E-state index is 0.00178. The fraction of sp³-hybridized carbons (Fsp3) is 0.600. The molecular weight excluding hydrogens is 178 g/mol. The molecule has 0 saturated carbocycles. The Kier molecular flexibility index (Phi) is 2.93. The maximum absolute atomic E-state index is 11.4. The topological polar surface area (TPSA) is 46.9 Å². The molecule has 4 nitrogen and oxygen atoms in total. The van der Waals surface area contributed by atoms with Crippen LogP contribution >= 0.6 is 0 Å². The first-order chi connectivity index (χ1) is 6.86. The Hall–Kier alpha value is -1.16. The summed E-state index contributed by atoms with van der Waals surface area (Å²) in [4.78, 5) is 11.4. The minimum atomic E-state index is -0.00178. The smallest absolute Gasteiger partial charge is 0.266 e. The van der Waals surface area contributed by atoms with Gasteiger partial charge in [0, 0.05) is 18.8 Å². The summed E-state index contributed by atoms with van der Waals surface area (Å²) in [6, 6.07) is 3.24. The molecule has 1 atom stereocenters. The normalized spacial score (nSPS) is 22.1. The van der Waals surface area contributed by atoms with Gasteiger partial charge < -0.3 is 5.32 Å². The van der Waals surface area contributed by atoms with Crippen molar-refractivity contribution in [2.75, 3.05) is 13.1 Å². The number of nitrogens with zero attached hydrogens (tertiary/aromatic N) is 2. The molecule has 1 aromatic heterocycles. The second-order valence-electron chi connectivity index (χ2n) is 3.76. The van der Waals surface area contributed by atoms with E-state index in [2.05, 4.69) is 10.4 Å². The number of piperidine rings is 1. The van der Waals surface area contributed by atoms with Crippen molar-refractivity contribution in [2.45, 2.75) is 19.4 Å². The van der Waals surface area contributed by atoms with E-state index in [4.69, 9.17) is 0 Å². The van der Waals surface area contributed by atoms with Crippen molar-refractivity contribution in [3.05, 3.63) is 28.7 Å². The third-order valence-corrected chi connectivity index (χ3v) is 2.62. The number of rotatable bonds is 2. The van der Waals surface area contributed by atoms with Crippen LogP contribution in [-0.4, -0.2) is 22.9 Å². The zero-order chi connectivity index (χ0) is 9.80. The van der Waals surface area contributed by atoms with Gasteiger partial charge in [0.25, 0.3) is 5.56 Å². The largest absolute Gasteiger partial charge is 0.316 e. The highest BCUT2D eigenvalue weighted by Crippen LogP contribution is 2.10. The van der Waals surface area contributed by atoms with E-state index in [1.165, 1.54) is 12.8 Å². The Balaban J connectivity index is 2.03. The van der Waals surface area contributed by atoms with Crippen molar-refractivity contribution in [1.82, 2.24) is 15.1 Å². The quantitative estimate of drug-likeness (QED) is 0.732. The van der Waals surface area contributed by atoms with E-state index >= 15 is 0 Å². The molecule has 4 heteroatoms. The molecule has 0 bridgehead atoms. The SMILES string of the molecule is O=c1cccnn1CC1CCCNC1. The van der Waals surface area contributed by atoms with Crippen LogP contribution in [0.1, 0.15) is 12.8 Å². The fourth-order valence-corrected chi connectivity index (χ4v) is 1.85. The summed E-state index contributed by atoms with van der Waals surface area (Å²) in [6.07, 6.45) is 4.06. The van der Waals surface area contributed by atoms with E-state index < -0.39 is 0 Å². The summed E-state index contributed by atoms with van der Waals surface area (Å²) in [5.41, 5.74) is -0.00178. The molecule has 0 radical (unpaired) electrons. The summed E-state index contributed by atoms with van der Waals surface area (Å²) in [5, 5.41) is 7.38. The Labute approximate surface area is 82.9 Å². The van der Waals surface area contributed by atoms with Crippen LogP contribution in [0, 0.1) is 5.92 Å². The minimum Gasteiger partial charge on any atom is -0.316 e. The summed E-state index contributed by atoms with van der Waals surface area (Å²) < 4.78 is 1.55. The first-order valence-electron chi connectivity index (χ1n) is 5.09. The molecule has 1 saturated heterocycles. The van der Waals surface area contributed by atoms with Crippen molar-refractivity contribution < 1.29 is 0 Å². The molecule has 14 heavy (non-hydrogen) atoms. The molecule has 2 heterocycles. The van der Waals surface area contributed by atoms with E-state index in [0.29, 0.717) is 5.92 Å². The lowest BCUT2D eigenvalue weighted by Crippen LogP contribution is -2.35. The molecule has 1 aliphatic heterocycles. The first-order valence-corrected chi connectivity index (χ1v) is 5.09. The second kappa shape index (κ2) is 4.37. The highest BCUT2D eigenvalue weighted by Gasteiger charge is 2.13. The third-order valence-electron chi connectivity index (χ3n) is 2.62. The van der Waals surface area contributed by atoms with Gasteiger partial charge in [-0.3, -0.25) is 4.79 Å². The Bertz CT molecular complexity index is 341. The molecule has 0 spiro atoms. The van der Waals surface area contributed by atoms with Crippen molar-refractivity contribution >= 4 is 0 Å². The molecule has 0 aliphatic carbocycles. The van der Waals surface area contributed by atoms with E-state index in [-0.39, 0.29) is 5.56 Å². The molecule has 1 fully saturated rings. The Morgan fingerprint density at radius 2 is 2.57 bits per heavy atom. The van der Waals surface area contributed by atoms with Crippen LogP contribution in [-0.2, 0) is 6.54 Å². The van der Waals surface area contributed by atoms with Crippen LogP contribution in [0.25, 0.3) is 0 Å². The molecule has 2 rings (SSSR count). The van der Waals surface area contributed by atoms with E-state index in [1.807, 2.05) is 0 Å². The summed E-state index contributed by atoms with van der Waals surface area (Å²) in [5.74, 6) is 0.552. The van der Waals surface area contributed by atoms with Crippen LogP contribution in [0.5, 0.6) is 0 Å². The van der Waals surface area contributed by atoms with E-state index in [9.17, 15) is 4.79 Å². The number of hydrogen-bond donors (Lipinski definition) is 1. The predicted octanol–water partition coefficient (Wildman–Crippen LogP) is 0.243. The zero-order valence-electron chi connectivity index (χ0n) is 8.15. The zero-order valence-corrected chi connectivity index (χ0v) is 8.15. The molecule has 0 amide bonds. The van der Waals surface area contributed by atoms with Gasteiger partial charge in [-0.15, -0.1) is 0 Å². The third kappa shape index (κ3) is 2.20. The van der Waals surface area contributed by atoms with Crippen LogP contribution < -0.4 is 10.9 Å². The van der Waals surface area contributed by atoms with Crippen molar-refractivity contribution in [3.8, 4) is 0 Å². The Morgan fingerprint density at radius 1 is 1.64 bits per heavy atom. The molecule has 0 aromatic carbocycles. The van der Waals surface area contributed by atoms with Gasteiger partial charge in [-0.05, 0) is 37.9 Å². The van der Waals surface area contributed by atoms with Gasteiger partial charge in [0.2, 0.25) is 0 Å². The number of aromatic nitrogens is 2. The van der Waals surface area contributed by atoms with E-state index in [0.717, 1.165) is 19.6 Å². The molecule has 76 valence electrons. The average molecular weight is 193 g/mol. The lowest BCUT2D eigenvalue weighted by Gasteiger charge is -2.22. The monoisotopic (exact) mass is 193 g/mol. The lowest BCUT2D eigenvalue weighted by atomic mass is 10.00. The van der Waals surface area contributed by atoms with Gasteiger partial charge in [0.05, 0.1) is 0 Å². The van der Waals surface area contributed by atoms with Crippen molar-refractivity contribution in [2.24, 2.45) is 5.92 Å². The van der Waals surface area contributed by atoms with Gasteiger partial charge in [0.1, 0.15) is 0 Å². The predicted molar refractivity (Wildman–Crippen MR) is 54.1 cm³/mol. The lowest BCUT2D eigenvalue weighted by molar-refractivity contribution is 0.319. The van der Waals surface area contributed by atoms with Crippen LogP contribution in [0.15, 0.2) is 23.1 Å². The van der Waals surface area contributed by atoms with E-state index in [1.54, 1.807) is 23.0 Å². The first kappa shape index (κ1) is 9.40. The highest BCUT2D eigenvalue weighted by atomic mass is 16.1. The standard InChI is InChI=1S/C10H15N3O/c14-10-4-2-6-12-13(10)8-9-3-1-5-11-7-9/h2,4,6,9,11H,1,3,5,7-8H2. The fourth-order valence-electron chi connectivity index (χ4n) is 1.85. The van der Waals surface area contributed by atoms with Crippen LogP contribution in [0.3, 0.4) is 0 Å². The van der Waals surface area contributed by atoms with Gasteiger partial charge >= 0.3 is 0 Å².